The Morgan fingerprint density at radius 1 is 0.625 bits per heavy atom. The Balaban J connectivity index is 0. The van der Waals surface area contributed by atoms with Gasteiger partial charge in [-0.25, -0.2) is 23.3 Å². The predicted molar refractivity (Wildman–Crippen MR) is 205 cm³/mol. The normalized spacial score (nSPS) is 13.6. The Labute approximate surface area is 332 Å². The third kappa shape index (κ3) is 16.4. The monoisotopic (exact) mass is 838 g/mol. The first-order valence-electron chi connectivity index (χ1n) is 16.4. The van der Waals surface area contributed by atoms with Crippen molar-refractivity contribution < 1.29 is 61.8 Å². The topological polar surface area (TPSA) is 0 Å². The Bertz CT molecular complexity index is 1360. The van der Waals surface area contributed by atoms with Crippen molar-refractivity contribution in [2.75, 3.05) is 26.7 Å². The molecule has 256 valence electrons. The summed E-state index contributed by atoms with van der Waals surface area (Å²) < 4.78 is 0. The molecule has 0 aromatic heterocycles. The Morgan fingerprint density at radius 3 is 1.25 bits per heavy atom. The molecule has 0 spiro atoms. The van der Waals surface area contributed by atoms with E-state index in [0.29, 0.717) is 0 Å². The maximum atomic E-state index is 3.35. The van der Waals surface area contributed by atoms with Crippen LogP contribution in [0.3, 0.4) is 0 Å². The van der Waals surface area contributed by atoms with Gasteiger partial charge in [-0.3, -0.25) is 12.2 Å². The summed E-state index contributed by atoms with van der Waals surface area (Å²) in [6.45, 7) is 18.2. The molecule has 0 amide bonds. The van der Waals surface area contributed by atoms with Gasteiger partial charge >= 0.3 is 52.4 Å². The SMILES string of the molecule is CCCC(C)C1=[C-]CC=C1.CCCC(C)C1=[C-]CC=C1.CP(C)c1cc2ccccc2[cH-]1.CP(C)c1cc2ccccc2[cH-]1.[F-].[F-].[Zr+2].[Zr+2]. The second-order valence-electron chi connectivity index (χ2n) is 12.3. The molecule has 0 nitrogen and oxygen atoms in total. The molecule has 2 atom stereocenters. The van der Waals surface area contributed by atoms with Gasteiger partial charge in [0, 0.05) is 0 Å². The first-order chi connectivity index (χ1) is 21.2. The Hall–Kier alpha value is -0.894. The standard InChI is InChI=1S/2C11H12P.2C10H15.2FH.2Zr/c2*1-12(2)11-7-9-5-3-4-6-10(9)8-11;2*1-3-6-9(2)10-7-4-5-8-10;;;;/h2*3-8H,1-2H3;2*4,7,9H,3,5-6H2,1-2H3;2*1H;;/q4*-1;;;2*+2/p-2. The number of hydrogen-bond donors (Lipinski definition) is 0. The minimum Gasteiger partial charge on any atom is -1.00 e. The second-order valence-corrected chi connectivity index (χ2v) is 16.9. The molecule has 2 aliphatic rings. The van der Waals surface area contributed by atoms with Crippen molar-refractivity contribution in [2.24, 2.45) is 11.8 Å². The summed E-state index contributed by atoms with van der Waals surface area (Å²) in [6, 6.07) is 26.3. The first-order valence-corrected chi connectivity index (χ1v) is 20.9. The summed E-state index contributed by atoms with van der Waals surface area (Å²) in [7, 11) is 0.115. The Morgan fingerprint density at radius 2 is 0.979 bits per heavy atom. The van der Waals surface area contributed by atoms with Crippen LogP contribution in [0.25, 0.3) is 21.5 Å². The number of fused-ring (bicyclic) bond motifs is 2. The number of rotatable bonds is 8. The fraction of sp³-hybridized carbons (Fsp3) is 0.381. The molecular weight excluding hydrogens is 787 g/mol. The van der Waals surface area contributed by atoms with E-state index in [1.165, 1.54) is 69.0 Å². The van der Waals surface area contributed by atoms with Gasteiger partial charge < -0.3 is 9.41 Å². The van der Waals surface area contributed by atoms with E-state index in [9.17, 15) is 0 Å². The number of hydrogen-bond acceptors (Lipinski definition) is 0. The van der Waals surface area contributed by atoms with Crippen LogP contribution >= 0.6 is 15.8 Å². The van der Waals surface area contributed by atoms with Crippen LogP contribution in [0.4, 0.5) is 0 Å². The molecule has 6 rings (SSSR count). The molecule has 0 saturated carbocycles. The minimum absolute atomic E-state index is 0. The third-order valence-corrected chi connectivity index (χ3v) is 10.8. The van der Waals surface area contributed by atoms with Crippen molar-refractivity contribution in [2.45, 2.75) is 66.2 Å². The van der Waals surface area contributed by atoms with Gasteiger partial charge in [-0.1, -0.05) is 64.5 Å². The van der Waals surface area contributed by atoms with Gasteiger partial charge in [0.25, 0.3) is 0 Å². The molecule has 0 heterocycles. The molecule has 2 aliphatic carbocycles. The van der Waals surface area contributed by atoms with Crippen molar-refractivity contribution in [3.05, 3.63) is 120 Å². The van der Waals surface area contributed by atoms with Crippen molar-refractivity contribution in [1.82, 2.24) is 0 Å². The van der Waals surface area contributed by atoms with Crippen molar-refractivity contribution in [3.8, 4) is 0 Å². The number of halogens is 2. The molecule has 0 bridgehead atoms. The molecule has 0 fully saturated rings. The van der Waals surface area contributed by atoms with Crippen LogP contribution in [0.2, 0.25) is 0 Å². The van der Waals surface area contributed by atoms with Gasteiger partial charge in [0.2, 0.25) is 0 Å². The van der Waals surface area contributed by atoms with Gasteiger partial charge in [-0.2, -0.15) is 24.3 Å². The number of allylic oxidation sites excluding steroid dienone is 8. The van der Waals surface area contributed by atoms with Crippen LogP contribution in [-0.4, -0.2) is 26.7 Å². The van der Waals surface area contributed by atoms with Crippen LogP contribution in [0.15, 0.2) is 108 Å². The first kappa shape index (κ1) is 49.2. The molecule has 4 aromatic rings. The average molecular weight is 841 g/mol. The van der Waals surface area contributed by atoms with Gasteiger partial charge in [-0.05, 0) is 39.5 Å². The minimum atomic E-state index is 0. The van der Waals surface area contributed by atoms with Gasteiger partial charge in [-0.15, -0.1) is 109 Å². The van der Waals surface area contributed by atoms with Gasteiger partial charge in [0.05, 0.1) is 0 Å². The van der Waals surface area contributed by atoms with Gasteiger partial charge in [0.1, 0.15) is 0 Å². The fourth-order valence-electron chi connectivity index (χ4n) is 5.48. The van der Waals surface area contributed by atoms with Crippen LogP contribution in [0.1, 0.15) is 66.2 Å². The van der Waals surface area contributed by atoms with E-state index in [0.717, 1.165) is 24.7 Å². The largest absolute Gasteiger partial charge is 2.00 e. The summed E-state index contributed by atoms with van der Waals surface area (Å²) in [6.07, 6.45) is 22.7. The average Bonchev–Trinajstić information content (AvgIpc) is 3.84. The molecule has 48 heavy (non-hydrogen) atoms. The summed E-state index contributed by atoms with van der Waals surface area (Å²) in [5, 5.41) is 8.53. The quantitative estimate of drug-likeness (QED) is 0.149. The summed E-state index contributed by atoms with van der Waals surface area (Å²) >= 11 is 0. The van der Waals surface area contributed by atoms with E-state index in [1.807, 2.05) is 0 Å². The summed E-state index contributed by atoms with van der Waals surface area (Å²) in [4.78, 5) is 0. The van der Waals surface area contributed by atoms with E-state index in [1.54, 1.807) is 0 Å². The molecule has 6 heteroatoms. The Kier molecular flexibility index (Phi) is 27.5. The summed E-state index contributed by atoms with van der Waals surface area (Å²) in [5.74, 6) is 1.45. The van der Waals surface area contributed by atoms with Crippen molar-refractivity contribution >= 4 is 48.0 Å². The van der Waals surface area contributed by atoms with E-state index in [2.05, 4.69) is 164 Å². The molecule has 4 aromatic carbocycles. The zero-order valence-electron chi connectivity index (χ0n) is 30.3. The van der Waals surface area contributed by atoms with Crippen LogP contribution < -0.4 is 20.0 Å². The van der Waals surface area contributed by atoms with E-state index < -0.39 is 0 Å². The fourth-order valence-corrected chi connectivity index (χ4v) is 7.07. The third-order valence-electron chi connectivity index (χ3n) is 8.19. The molecule has 0 saturated heterocycles. The van der Waals surface area contributed by atoms with E-state index in [-0.39, 0.29) is 77.7 Å². The second kappa shape index (κ2) is 26.9. The van der Waals surface area contributed by atoms with Crippen LogP contribution in [-0.2, 0) is 52.4 Å². The van der Waals surface area contributed by atoms with Gasteiger partial charge in [0.15, 0.2) is 0 Å². The molecule has 0 N–H and O–H groups in total. The number of benzene rings is 2. The van der Waals surface area contributed by atoms with Crippen molar-refractivity contribution in [3.63, 3.8) is 0 Å². The van der Waals surface area contributed by atoms with E-state index in [4.69, 9.17) is 0 Å². The predicted octanol–water partition coefficient (Wildman–Crippen LogP) is 6.08. The maximum absolute atomic E-state index is 3.35. The molecule has 0 aliphatic heterocycles. The zero-order valence-corrected chi connectivity index (χ0v) is 37.0. The molecule has 2 unspecified atom stereocenters. The zero-order chi connectivity index (χ0) is 31.9. The van der Waals surface area contributed by atoms with Crippen molar-refractivity contribution in [1.29, 1.82) is 0 Å². The van der Waals surface area contributed by atoms with Crippen LogP contribution in [0.5, 0.6) is 0 Å². The summed E-state index contributed by atoms with van der Waals surface area (Å²) in [5.41, 5.74) is 2.84. The maximum Gasteiger partial charge on any atom is 2.00 e. The molecular formula is C42H54F2P2Zr2-2. The van der Waals surface area contributed by atoms with E-state index >= 15 is 0 Å². The van der Waals surface area contributed by atoms with Crippen LogP contribution in [0, 0.1) is 24.0 Å². The molecule has 0 radical (unpaired) electrons. The smallest absolute Gasteiger partial charge is 1.00 e.